The van der Waals surface area contributed by atoms with Crippen molar-refractivity contribution < 1.29 is 18.5 Å². The van der Waals surface area contributed by atoms with Gasteiger partial charge in [0.25, 0.3) is 11.8 Å². The molecule has 2 N–H and O–H groups in total. The molecule has 2 amide bonds. The molecule has 144 valence electrons. The summed E-state index contributed by atoms with van der Waals surface area (Å²) in [4.78, 5) is 24.1. The third-order valence-electron chi connectivity index (χ3n) is 3.98. The summed E-state index contributed by atoms with van der Waals surface area (Å²) in [5.41, 5.74) is 1.50. The Balaban J connectivity index is 1.49. The molecule has 0 aliphatic carbocycles. The van der Waals surface area contributed by atoms with E-state index in [1.165, 1.54) is 18.2 Å². The monoisotopic (exact) mass is 401 g/mol. The molecule has 3 aromatic rings. The van der Waals surface area contributed by atoms with Gasteiger partial charge in [-0.05, 0) is 36.8 Å². The summed E-state index contributed by atoms with van der Waals surface area (Å²) in [6.45, 7) is 1.98. The normalized spacial score (nSPS) is 10.5. The Labute approximate surface area is 165 Å². The van der Waals surface area contributed by atoms with Crippen molar-refractivity contribution >= 4 is 23.4 Å². The quantitative estimate of drug-likeness (QED) is 0.618. The van der Waals surface area contributed by atoms with Crippen molar-refractivity contribution in [3.63, 3.8) is 0 Å². The van der Waals surface area contributed by atoms with Gasteiger partial charge >= 0.3 is 0 Å². The van der Waals surface area contributed by atoms with Gasteiger partial charge < -0.3 is 15.2 Å². The van der Waals surface area contributed by atoms with Gasteiger partial charge in [-0.25, -0.2) is 4.39 Å². The van der Waals surface area contributed by atoms with Crippen LogP contribution in [0.5, 0.6) is 0 Å². The molecule has 0 aliphatic rings. The molecule has 0 bridgehead atoms. The highest BCUT2D eigenvalue weighted by atomic mass is 35.5. The minimum Gasteiger partial charge on any atom is -0.355 e. The van der Waals surface area contributed by atoms with E-state index in [1.54, 1.807) is 37.3 Å². The number of hydrogen-bond donors (Lipinski definition) is 2. The van der Waals surface area contributed by atoms with E-state index in [0.717, 1.165) is 0 Å². The summed E-state index contributed by atoms with van der Waals surface area (Å²) in [7, 11) is 0. The average Bonchev–Trinajstić information content (AvgIpc) is 3.17. The highest BCUT2D eigenvalue weighted by molar-refractivity contribution is 6.30. The van der Waals surface area contributed by atoms with E-state index in [4.69, 9.17) is 16.1 Å². The fraction of sp³-hybridized carbons (Fsp3) is 0.150. The van der Waals surface area contributed by atoms with Gasteiger partial charge in [0.1, 0.15) is 5.82 Å². The predicted molar refractivity (Wildman–Crippen MR) is 103 cm³/mol. The van der Waals surface area contributed by atoms with Crippen molar-refractivity contribution in [1.82, 2.24) is 15.8 Å². The zero-order valence-electron chi connectivity index (χ0n) is 15.0. The third-order valence-corrected chi connectivity index (χ3v) is 4.22. The zero-order chi connectivity index (χ0) is 20.1. The van der Waals surface area contributed by atoms with E-state index >= 15 is 0 Å². The number of nitrogens with one attached hydrogen (secondary N) is 2. The SMILES string of the molecule is Cc1ccc(C(=O)NCCNC(=O)c2cc(-c3cccc(Cl)c3)on2)cc1F. The fourth-order valence-electron chi connectivity index (χ4n) is 2.44. The fourth-order valence-corrected chi connectivity index (χ4v) is 2.63. The summed E-state index contributed by atoms with van der Waals surface area (Å²) in [6.07, 6.45) is 0. The molecular weight excluding hydrogens is 385 g/mol. The molecular formula is C20H17ClFN3O3. The molecule has 0 atom stereocenters. The number of nitrogens with zero attached hydrogens (tertiary/aromatic N) is 1. The molecule has 0 saturated carbocycles. The molecule has 0 unspecified atom stereocenters. The van der Waals surface area contributed by atoms with Crippen molar-refractivity contribution in [2.24, 2.45) is 0 Å². The number of halogens is 2. The van der Waals surface area contributed by atoms with Crippen molar-refractivity contribution in [2.75, 3.05) is 13.1 Å². The molecule has 6 nitrogen and oxygen atoms in total. The Hall–Kier alpha value is -3.19. The maximum atomic E-state index is 13.5. The van der Waals surface area contributed by atoms with E-state index in [-0.39, 0.29) is 24.3 Å². The van der Waals surface area contributed by atoms with Gasteiger partial charge in [-0.15, -0.1) is 0 Å². The number of amides is 2. The zero-order valence-corrected chi connectivity index (χ0v) is 15.7. The molecule has 28 heavy (non-hydrogen) atoms. The van der Waals surface area contributed by atoms with Crippen LogP contribution in [0.25, 0.3) is 11.3 Å². The van der Waals surface area contributed by atoms with Crippen LogP contribution in [-0.2, 0) is 0 Å². The highest BCUT2D eigenvalue weighted by Gasteiger charge is 2.14. The second-order valence-electron chi connectivity index (χ2n) is 6.06. The van der Waals surface area contributed by atoms with Gasteiger partial charge in [0.05, 0.1) is 0 Å². The lowest BCUT2D eigenvalue weighted by molar-refractivity contribution is 0.0922. The van der Waals surface area contributed by atoms with Crippen molar-refractivity contribution in [3.8, 4) is 11.3 Å². The van der Waals surface area contributed by atoms with Crippen molar-refractivity contribution in [2.45, 2.75) is 6.92 Å². The van der Waals surface area contributed by atoms with Crippen LogP contribution in [0, 0.1) is 12.7 Å². The van der Waals surface area contributed by atoms with Gasteiger partial charge in [0, 0.05) is 35.3 Å². The van der Waals surface area contributed by atoms with Crippen LogP contribution < -0.4 is 10.6 Å². The molecule has 0 radical (unpaired) electrons. The highest BCUT2D eigenvalue weighted by Crippen LogP contribution is 2.23. The number of aryl methyl sites for hydroxylation is 1. The topological polar surface area (TPSA) is 84.2 Å². The van der Waals surface area contributed by atoms with Crippen LogP contribution in [0.15, 0.2) is 53.1 Å². The van der Waals surface area contributed by atoms with E-state index < -0.39 is 17.6 Å². The van der Waals surface area contributed by atoms with Crippen molar-refractivity contribution in [1.29, 1.82) is 0 Å². The van der Waals surface area contributed by atoms with Crippen LogP contribution in [0.4, 0.5) is 4.39 Å². The lowest BCUT2D eigenvalue weighted by Crippen LogP contribution is -2.34. The second kappa shape index (κ2) is 8.67. The third kappa shape index (κ3) is 4.75. The first-order valence-corrected chi connectivity index (χ1v) is 8.87. The van der Waals surface area contributed by atoms with E-state index in [0.29, 0.717) is 21.9 Å². The van der Waals surface area contributed by atoms with E-state index in [1.807, 2.05) is 0 Å². The summed E-state index contributed by atoms with van der Waals surface area (Å²) in [5, 5.41) is 9.52. The second-order valence-corrected chi connectivity index (χ2v) is 6.50. The molecule has 1 heterocycles. The lowest BCUT2D eigenvalue weighted by Gasteiger charge is -2.07. The number of benzene rings is 2. The lowest BCUT2D eigenvalue weighted by atomic mass is 10.1. The molecule has 2 aromatic carbocycles. The maximum absolute atomic E-state index is 13.5. The van der Waals surface area contributed by atoms with Crippen molar-refractivity contribution in [3.05, 3.63) is 76.2 Å². The maximum Gasteiger partial charge on any atom is 0.273 e. The van der Waals surface area contributed by atoms with Gasteiger partial charge in [0.2, 0.25) is 0 Å². The van der Waals surface area contributed by atoms with Gasteiger partial charge in [0.15, 0.2) is 11.5 Å². The Kier molecular flexibility index (Phi) is 6.06. The summed E-state index contributed by atoms with van der Waals surface area (Å²) in [5.74, 6) is -0.879. The average molecular weight is 402 g/mol. The standard InChI is InChI=1S/C20H17ClFN3O3/c1-12-5-6-14(10-16(12)22)19(26)23-7-8-24-20(27)17-11-18(28-25-17)13-3-2-4-15(21)9-13/h2-6,9-11H,7-8H2,1H3,(H,23,26)(H,24,27). The predicted octanol–water partition coefficient (Wildman–Crippen LogP) is 3.60. The smallest absolute Gasteiger partial charge is 0.273 e. The van der Waals surface area contributed by atoms with Crippen LogP contribution in [0.2, 0.25) is 5.02 Å². The van der Waals surface area contributed by atoms with Gasteiger partial charge in [-0.2, -0.15) is 0 Å². The van der Waals surface area contributed by atoms with E-state index in [9.17, 15) is 14.0 Å². The first-order valence-electron chi connectivity index (χ1n) is 8.49. The summed E-state index contributed by atoms with van der Waals surface area (Å²) < 4.78 is 18.7. The first kappa shape index (κ1) is 19.6. The summed E-state index contributed by atoms with van der Waals surface area (Å²) >= 11 is 5.94. The number of rotatable bonds is 6. The Bertz CT molecular complexity index is 1020. The Morgan fingerprint density at radius 3 is 2.54 bits per heavy atom. The molecule has 8 heteroatoms. The van der Waals surface area contributed by atoms with Crippen LogP contribution in [-0.4, -0.2) is 30.1 Å². The molecule has 0 aliphatic heterocycles. The minimum atomic E-state index is -0.442. The first-order chi connectivity index (χ1) is 13.4. The Morgan fingerprint density at radius 2 is 1.82 bits per heavy atom. The summed E-state index contributed by atoms with van der Waals surface area (Å²) in [6, 6.07) is 12.7. The van der Waals surface area contributed by atoms with Crippen LogP contribution >= 0.6 is 11.6 Å². The number of hydrogen-bond acceptors (Lipinski definition) is 4. The molecule has 0 fully saturated rings. The number of aromatic nitrogens is 1. The molecule has 1 aromatic heterocycles. The van der Waals surface area contributed by atoms with Gasteiger partial charge in [-0.1, -0.05) is 35.0 Å². The molecule has 3 rings (SSSR count). The number of carbonyl (C=O) groups excluding carboxylic acids is 2. The minimum absolute atomic E-state index is 0.113. The van der Waals surface area contributed by atoms with Gasteiger partial charge in [-0.3, -0.25) is 9.59 Å². The van der Waals surface area contributed by atoms with Crippen LogP contribution in [0.1, 0.15) is 26.4 Å². The number of carbonyl (C=O) groups is 2. The largest absolute Gasteiger partial charge is 0.355 e. The Morgan fingerprint density at radius 1 is 1.07 bits per heavy atom. The molecule has 0 saturated heterocycles. The molecule has 0 spiro atoms. The van der Waals surface area contributed by atoms with Crippen LogP contribution in [0.3, 0.4) is 0 Å². The van der Waals surface area contributed by atoms with E-state index in [2.05, 4.69) is 15.8 Å².